The molecule has 3 N–H and O–H groups in total. The summed E-state index contributed by atoms with van der Waals surface area (Å²) in [6, 6.07) is 8.07. The first kappa shape index (κ1) is 13.7. The predicted molar refractivity (Wildman–Crippen MR) is 76.9 cm³/mol. The lowest BCUT2D eigenvalue weighted by atomic mass is 9.93. The van der Waals surface area contributed by atoms with Crippen molar-refractivity contribution in [2.24, 2.45) is 0 Å². The predicted octanol–water partition coefficient (Wildman–Crippen LogP) is 2.27. The molecule has 102 valence electrons. The molecule has 0 heterocycles. The second kappa shape index (κ2) is 6.44. The first-order chi connectivity index (χ1) is 9.26. The second-order valence-corrected chi connectivity index (χ2v) is 5.10. The molecule has 1 saturated carbocycles. The van der Waals surface area contributed by atoms with E-state index in [2.05, 4.69) is 11.0 Å². The molecule has 0 saturated heterocycles. The molecule has 1 aromatic rings. The SMILES string of the molecule is N#Cc1cc(N)ccc1N(CCO)C1CCCCC1. The van der Waals surface area contributed by atoms with E-state index in [4.69, 9.17) is 5.73 Å². The van der Waals surface area contributed by atoms with Crippen molar-refractivity contribution in [3.05, 3.63) is 23.8 Å². The molecular weight excluding hydrogens is 238 g/mol. The number of rotatable bonds is 4. The van der Waals surface area contributed by atoms with Crippen LogP contribution in [-0.4, -0.2) is 24.3 Å². The number of hydrogen-bond donors (Lipinski definition) is 2. The van der Waals surface area contributed by atoms with Crippen molar-refractivity contribution in [2.45, 2.75) is 38.1 Å². The molecule has 0 bridgehead atoms. The highest BCUT2D eigenvalue weighted by molar-refractivity contribution is 5.64. The van der Waals surface area contributed by atoms with E-state index in [9.17, 15) is 10.4 Å². The fourth-order valence-corrected chi connectivity index (χ4v) is 2.89. The van der Waals surface area contributed by atoms with Crippen LogP contribution in [0.2, 0.25) is 0 Å². The van der Waals surface area contributed by atoms with Crippen molar-refractivity contribution < 1.29 is 5.11 Å². The molecule has 1 aliphatic carbocycles. The van der Waals surface area contributed by atoms with Crippen LogP contribution in [0.5, 0.6) is 0 Å². The lowest BCUT2D eigenvalue weighted by Crippen LogP contribution is -2.39. The van der Waals surface area contributed by atoms with Crippen molar-refractivity contribution in [1.82, 2.24) is 0 Å². The van der Waals surface area contributed by atoms with Crippen LogP contribution >= 0.6 is 0 Å². The van der Waals surface area contributed by atoms with Gasteiger partial charge in [0.05, 0.1) is 17.9 Å². The van der Waals surface area contributed by atoms with E-state index in [0.29, 0.717) is 23.8 Å². The van der Waals surface area contributed by atoms with E-state index in [-0.39, 0.29) is 6.61 Å². The summed E-state index contributed by atoms with van der Waals surface area (Å²) in [5.41, 5.74) is 7.84. The van der Waals surface area contributed by atoms with Crippen LogP contribution in [0.15, 0.2) is 18.2 Å². The number of aliphatic hydroxyl groups excluding tert-OH is 1. The van der Waals surface area contributed by atoms with Gasteiger partial charge in [-0.05, 0) is 31.0 Å². The summed E-state index contributed by atoms with van der Waals surface area (Å²) >= 11 is 0. The molecule has 4 heteroatoms. The van der Waals surface area contributed by atoms with Gasteiger partial charge in [-0.3, -0.25) is 0 Å². The molecule has 1 aromatic carbocycles. The maximum absolute atomic E-state index is 9.30. The highest BCUT2D eigenvalue weighted by Gasteiger charge is 2.22. The monoisotopic (exact) mass is 259 g/mol. The van der Waals surface area contributed by atoms with E-state index in [1.807, 2.05) is 12.1 Å². The zero-order chi connectivity index (χ0) is 13.7. The molecule has 2 rings (SSSR count). The fourth-order valence-electron chi connectivity index (χ4n) is 2.89. The number of nitrogens with zero attached hydrogens (tertiary/aromatic N) is 2. The normalized spacial score (nSPS) is 16.0. The van der Waals surface area contributed by atoms with E-state index < -0.39 is 0 Å². The van der Waals surface area contributed by atoms with Gasteiger partial charge >= 0.3 is 0 Å². The van der Waals surface area contributed by atoms with Gasteiger partial charge in [0.15, 0.2) is 0 Å². The van der Waals surface area contributed by atoms with Gasteiger partial charge in [-0.25, -0.2) is 0 Å². The van der Waals surface area contributed by atoms with Crippen molar-refractivity contribution in [3.8, 4) is 6.07 Å². The summed E-state index contributed by atoms with van der Waals surface area (Å²) in [5, 5.41) is 18.6. The minimum Gasteiger partial charge on any atom is -0.399 e. The number of nitriles is 1. The average Bonchev–Trinajstić information content (AvgIpc) is 2.46. The van der Waals surface area contributed by atoms with Crippen molar-refractivity contribution >= 4 is 11.4 Å². The van der Waals surface area contributed by atoms with Gasteiger partial charge in [-0.2, -0.15) is 5.26 Å². The van der Waals surface area contributed by atoms with Crippen LogP contribution in [0.4, 0.5) is 11.4 Å². The van der Waals surface area contributed by atoms with Gasteiger partial charge in [0.1, 0.15) is 6.07 Å². The Balaban J connectivity index is 2.30. The first-order valence-corrected chi connectivity index (χ1v) is 6.93. The molecule has 1 fully saturated rings. The van der Waals surface area contributed by atoms with Gasteiger partial charge in [-0.15, -0.1) is 0 Å². The first-order valence-electron chi connectivity index (χ1n) is 6.93. The highest BCUT2D eigenvalue weighted by Crippen LogP contribution is 2.30. The summed E-state index contributed by atoms with van der Waals surface area (Å²) in [6.07, 6.45) is 6.01. The Morgan fingerprint density at radius 2 is 2.05 bits per heavy atom. The number of aliphatic hydroxyl groups is 1. The zero-order valence-electron chi connectivity index (χ0n) is 11.2. The summed E-state index contributed by atoms with van der Waals surface area (Å²) in [5.74, 6) is 0. The van der Waals surface area contributed by atoms with Crippen LogP contribution in [0.25, 0.3) is 0 Å². The van der Waals surface area contributed by atoms with Crippen LogP contribution in [0, 0.1) is 11.3 Å². The Hall–Kier alpha value is -1.73. The van der Waals surface area contributed by atoms with Crippen LogP contribution in [-0.2, 0) is 0 Å². The Labute approximate surface area is 114 Å². The van der Waals surface area contributed by atoms with E-state index in [1.54, 1.807) is 6.07 Å². The van der Waals surface area contributed by atoms with Crippen molar-refractivity contribution in [3.63, 3.8) is 0 Å². The second-order valence-electron chi connectivity index (χ2n) is 5.10. The molecule has 0 amide bonds. The molecule has 0 radical (unpaired) electrons. The van der Waals surface area contributed by atoms with Gasteiger partial charge < -0.3 is 15.7 Å². The number of benzene rings is 1. The van der Waals surface area contributed by atoms with E-state index in [0.717, 1.165) is 18.5 Å². The maximum atomic E-state index is 9.30. The largest absolute Gasteiger partial charge is 0.399 e. The Kier molecular flexibility index (Phi) is 4.64. The third-order valence-corrected chi connectivity index (χ3v) is 3.81. The Morgan fingerprint density at radius 1 is 1.32 bits per heavy atom. The third-order valence-electron chi connectivity index (χ3n) is 3.81. The third kappa shape index (κ3) is 3.18. The van der Waals surface area contributed by atoms with Crippen LogP contribution < -0.4 is 10.6 Å². The summed E-state index contributed by atoms with van der Waals surface area (Å²) in [7, 11) is 0. The fraction of sp³-hybridized carbons (Fsp3) is 0.533. The molecule has 4 nitrogen and oxygen atoms in total. The lowest BCUT2D eigenvalue weighted by Gasteiger charge is -2.36. The summed E-state index contributed by atoms with van der Waals surface area (Å²) < 4.78 is 0. The smallest absolute Gasteiger partial charge is 0.101 e. The highest BCUT2D eigenvalue weighted by atomic mass is 16.3. The molecule has 0 aliphatic heterocycles. The van der Waals surface area contributed by atoms with Crippen LogP contribution in [0.1, 0.15) is 37.7 Å². The molecule has 19 heavy (non-hydrogen) atoms. The lowest BCUT2D eigenvalue weighted by molar-refractivity contribution is 0.290. The van der Waals surface area contributed by atoms with Gasteiger partial charge in [0.25, 0.3) is 0 Å². The van der Waals surface area contributed by atoms with Gasteiger partial charge in [0, 0.05) is 18.3 Å². The topological polar surface area (TPSA) is 73.3 Å². The van der Waals surface area contributed by atoms with Gasteiger partial charge in [-0.1, -0.05) is 19.3 Å². The van der Waals surface area contributed by atoms with E-state index >= 15 is 0 Å². The number of nitrogen functional groups attached to an aromatic ring is 1. The molecular formula is C15H21N3O. The van der Waals surface area contributed by atoms with E-state index in [1.165, 1.54) is 19.3 Å². The number of hydrogen-bond acceptors (Lipinski definition) is 4. The Bertz CT molecular complexity index is 461. The molecule has 1 aliphatic rings. The molecule has 0 spiro atoms. The summed E-state index contributed by atoms with van der Waals surface area (Å²) in [4.78, 5) is 2.18. The quantitative estimate of drug-likeness (QED) is 0.813. The standard InChI is InChI=1S/C15H21N3O/c16-11-12-10-13(17)6-7-15(12)18(8-9-19)14-4-2-1-3-5-14/h6-7,10,14,19H,1-5,8-9,17H2. The van der Waals surface area contributed by atoms with Crippen molar-refractivity contribution in [2.75, 3.05) is 23.8 Å². The van der Waals surface area contributed by atoms with Gasteiger partial charge in [0.2, 0.25) is 0 Å². The zero-order valence-corrected chi connectivity index (χ0v) is 11.2. The number of anilines is 2. The average molecular weight is 259 g/mol. The number of nitrogens with two attached hydrogens (primary N) is 1. The minimum absolute atomic E-state index is 0.103. The Morgan fingerprint density at radius 3 is 2.68 bits per heavy atom. The molecule has 0 atom stereocenters. The summed E-state index contributed by atoms with van der Waals surface area (Å²) in [6.45, 7) is 0.676. The van der Waals surface area contributed by atoms with Crippen molar-refractivity contribution in [1.29, 1.82) is 5.26 Å². The maximum Gasteiger partial charge on any atom is 0.101 e. The molecule has 0 aromatic heterocycles. The molecule has 0 unspecified atom stereocenters. The van der Waals surface area contributed by atoms with Crippen LogP contribution in [0.3, 0.4) is 0 Å². The minimum atomic E-state index is 0.103.